The molecule has 2 aromatic carbocycles. The van der Waals surface area contributed by atoms with E-state index in [0.29, 0.717) is 31.4 Å². The Balaban J connectivity index is 1.49. The predicted molar refractivity (Wildman–Crippen MR) is 118 cm³/mol. The molecule has 1 aliphatic heterocycles. The van der Waals surface area contributed by atoms with Crippen molar-refractivity contribution in [2.75, 3.05) is 37.7 Å². The molecule has 0 unspecified atom stereocenters. The highest BCUT2D eigenvalue weighted by atomic mass is 16.5. The highest BCUT2D eigenvalue weighted by Gasteiger charge is 2.19. The van der Waals surface area contributed by atoms with Gasteiger partial charge in [-0.2, -0.15) is 0 Å². The van der Waals surface area contributed by atoms with Gasteiger partial charge in [0.2, 0.25) is 0 Å². The first-order valence-corrected chi connectivity index (χ1v) is 10.6. The number of piperazine rings is 1. The van der Waals surface area contributed by atoms with Crippen molar-refractivity contribution in [3.05, 3.63) is 65.2 Å². The Bertz CT molecular complexity index is 764. The second kappa shape index (κ2) is 10.4. The van der Waals surface area contributed by atoms with Crippen molar-refractivity contribution in [3.8, 4) is 0 Å². The fraction of sp³-hybridized carbons (Fsp3) is 0.458. The molecule has 0 aromatic heterocycles. The molecule has 0 saturated carbocycles. The van der Waals surface area contributed by atoms with Gasteiger partial charge in [-0.15, -0.1) is 0 Å². The van der Waals surface area contributed by atoms with Crippen molar-refractivity contribution >= 4 is 11.6 Å². The summed E-state index contributed by atoms with van der Waals surface area (Å²) in [5.41, 5.74) is 4.11. The van der Waals surface area contributed by atoms with Crippen molar-refractivity contribution in [2.24, 2.45) is 0 Å². The van der Waals surface area contributed by atoms with Crippen LogP contribution in [0.2, 0.25) is 0 Å². The molecule has 1 fully saturated rings. The molecule has 1 N–H and O–H groups in total. The van der Waals surface area contributed by atoms with Crippen molar-refractivity contribution in [1.29, 1.82) is 0 Å². The zero-order valence-electron chi connectivity index (χ0n) is 17.9. The standard InChI is InChI=1S/C24H33N3O2/c1-4-29-18-21-7-5-20(6-8-21)17-25-24(28)22-9-11-23(12-10-22)27-15-13-26(14-16-27)19(2)3/h5-12,19H,4,13-18H2,1-3H3,(H,25,28). The first-order chi connectivity index (χ1) is 14.1. The van der Waals surface area contributed by atoms with Crippen LogP contribution in [0.15, 0.2) is 48.5 Å². The van der Waals surface area contributed by atoms with Gasteiger partial charge in [0.1, 0.15) is 0 Å². The van der Waals surface area contributed by atoms with Crippen LogP contribution >= 0.6 is 0 Å². The molecule has 1 aliphatic rings. The summed E-state index contributed by atoms with van der Waals surface area (Å²) < 4.78 is 5.41. The monoisotopic (exact) mass is 395 g/mol. The highest BCUT2D eigenvalue weighted by Crippen LogP contribution is 2.18. The Labute approximate surface area is 174 Å². The molecule has 0 aliphatic carbocycles. The maximum Gasteiger partial charge on any atom is 0.251 e. The van der Waals surface area contributed by atoms with E-state index in [1.807, 2.05) is 43.3 Å². The second-order valence-electron chi connectivity index (χ2n) is 7.80. The largest absolute Gasteiger partial charge is 0.377 e. The molecule has 29 heavy (non-hydrogen) atoms. The fourth-order valence-electron chi connectivity index (χ4n) is 3.58. The number of carbonyl (C=O) groups is 1. The quantitative estimate of drug-likeness (QED) is 0.741. The molecule has 0 spiro atoms. The van der Waals surface area contributed by atoms with Gasteiger partial charge >= 0.3 is 0 Å². The summed E-state index contributed by atoms with van der Waals surface area (Å²) in [7, 11) is 0. The van der Waals surface area contributed by atoms with E-state index in [0.717, 1.165) is 37.3 Å². The van der Waals surface area contributed by atoms with Crippen LogP contribution in [-0.2, 0) is 17.9 Å². The van der Waals surface area contributed by atoms with Gasteiger partial charge < -0.3 is 15.0 Å². The number of ether oxygens (including phenoxy) is 1. The van der Waals surface area contributed by atoms with E-state index in [9.17, 15) is 4.79 Å². The number of anilines is 1. The topological polar surface area (TPSA) is 44.8 Å². The number of amides is 1. The van der Waals surface area contributed by atoms with E-state index in [2.05, 4.69) is 41.1 Å². The number of rotatable bonds is 8. The molecule has 1 saturated heterocycles. The summed E-state index contributed by atoms with van der Waals surface area (Å²) in [5, 5.41) is 3.00. The van der Waals surface area contributed by atoms with Gasteiger partial charge in [0.25, 0.3) is 5.91 Å². The average Bonchev–Trinajstić information content (AvgIpc) is 2.77. The maximum atomic E-state index is 12.5. The lowest BCUT2D eigenvalue weighted by Crippen LogP contribution is -2.48. The SMILES string of the molecule is CCOCc1ccc(CNC(=O)c2ccc(N3CCN(C(C)C)CC3)cc2)cc1. The van der Waals surface area contributed by atoms with Crippen molar-refractivity contribution in [3.63, 3.8) is 0 Å². The van der Waals surface area contributed by atoms with Crippen LogP contribution in [0, 0.1) is 0 Å². The second-order valence-corrected chi connectivity index (χ2v) is 7.80. The van der Waals surface area contributed by atoms with Crippen LogP contribution in [0.3, 0.4) is 0 Å². The summed E-state index contributed by atoms with van der Waals surface area (Å²) in [6.07, 6.45) is 0. The first-order valence-electron chi connectivity index (χ1n) is 10.6. The molecule has 5 nitrogen and oxygen atoms in total. The molecule has 0 atom stereocenters. The molecule has 1 amide bonds. The van der Waals surface area contributed by atoms with Crippen LogP contribution in [0.25, 0.3) is 0 Å². The van der Waals surface area contributed by atoms with Gasteiger partial charge in [0.05, 0.1) is 6.61 Å². The lowest BCUT2D eigenvalue weighted by atomic mass is 10.1. The number of carbonyl (C=O) groups excluding carboxylic acids is 1. The zero-order chi connectivity index (χ0) is 20.6. The Morgan fingerprint density at radius 1 is 0.966 bits per heavy atom. The lowest BCUT2D eigenvalue weighted by molar-refractivity contribution is 0.0951. The molecule has 3 rings (SSSR count). The summed E-state index contributed by atoms with van der Waals surface area (Å²) in [5.74, 6) is -0.0421. The minimum absolute atomic E-state index is 0.0421. The van der Waals surface area contributed by atoms with Gasteiger partial charge in [-0.05, 0) is 56.2 Å². The number of benzene rings is 2. The lowest BCUT2D eigenvalue weighted by Gasteiger charge is -2.38. The van der Waals surface area contributed by atoms with E-state index in [1.54, 1.807) is 0 Å². The Kier molecular flexibility index (Phi) is 7.67. The summed E-state index contributed by atoms with van der Waals surface area (Å²) >= 11 is 0. The third-order valence-corrected chi connectivity index (χ3v) is 5.49. The molecular weight excluding hydrogens is 362 g/mol. The fourth-order valence-corrected chi connectivity index (χ4v) is 3.58. The summed E-state index contributed by atoms with van der Waals surface area (Å²) in [6.45, 7) is 12.6. The normalized spacial score (nSPS) is 15.0. The Morgan fingerprint density at radius 3 is 2.17 bits per heavy atom. The van der Waals surface area contributed by atoms with Gasteiger partial charge in [-0.25, -0.2) is 0 Å². The smallest absolute Gasteiger partial charge is 0.251 e. The molecule has 0 bridgehead atoms. The van der Waals surface area contributed by atoms with Crippen molar-refractivity contribution in [1.82, 2.24) is 10.2 Å². The van der Waals surface area contributed by atoms with E-state index in [4.69, 9.17) is 4.74 Å². The minimum Gasteiger partial charge on any atom is -0.377 e. The molecule has 1 heterocycles. The summed E-state index contributed by atoms with van der Waals surface area (Å²) in [4.78, 5) is 17.4. The van der Waals surface area contributed by atoms with Crippen molar-refractivity contribution < 1.29 is 9.53 Å². The molecule has 0 radical (unpaired) electrons. The molecule has 156 valence electrons. The third kappa shape index (κ3) is 6.05. The van der Waals surface area contributed by atoms with Gasteiger partial charge in [-0.1, -0.05) is 24.3 Å². The average molecular weight is 396 g/mol. The molecule has 5 heteroatoms. The van der Waals surface area contributed by atoms with Crippen LogP contribution in [0.4, 0.5) is 5.69 Å². The number of nitrogens with one attached hydrogen (secondary N) is 1. The molecular formula is C24H33N3O2. The maximum absolute atomic E-state index is 12.5. The van der Waals surface area contributed by atoms with Crippen LogP contribution in [0.1, 0.15) is 42.3 Å². The zero-order valence-corrected chi connectivity index (χ0v) is 17.9. The first kappa shape index (κ1) is 21.3. The van der Waals surface area contributed by atoms with Crippen LogP contribution in [-0.4, -0.2) is 49.6 Å². The third-order valence-electron chi connectivity index (χ3n) is 5.49. The van der Waals surface area contributed by atoms with Gasteiger partial charge in [-0.3, -0.25) is 9.69 Å². The Morgan fingerprint density at radius 2 is 1.59 bits per heavy atom. The number of hydrogen-bond acceptors (Lipinski definition) is 4. The van der Waals surface area contributed by atoms with E-state index in [1.165, 1.54) is 5.69 Å². The van der Waals surface area contributed by atoms with Crippen LogP contribution < -0.4 is 10.2 Å². The predicted octanol–water partition coefficient (Wildman–Crippen LogP) is 3.68. The van der Waals surface area contributed by atoms with Gasteiger partial charge in [0.15, 0.2) is 0 Å². The van der Waals surface area contributed by atoms with E-state index >= 15 is 0 Å². The number of hydrogen-bond donors (Lipinski definition) is 1. The molecule has 2 aromatic rings. The van der Waals surface area contributed by atoms with E-state index in [-0.39, 0.29) is 5.91 Å². The van der Waals surface area contributed by atoms with Crippen molar-refractivity contribution in [2.45, 2.75) is 40.0 Å². The number of nitrogens with zero attached hydrogens (tertiary/aromatic N) is 2. The van der Waals surface area contributed by atoms with Crippen LogP contribution in [0.5, 0.6) is 0 Å². The minimum atomic E-state index is -0.0421. The van der Waals surface area contributed by atoms with Gasteiger partial charge in [0, 0.05) is 56.6 Å². The summed E-state index contributed by atoms with van der Waals surface area (Å²) in [6, 6.07) is 16.7. The highest BCUT2D eigenvalue weighted by molar-refractivity contribution is 5.94. The Hall–Kier alpha value is -2.37. The van der Waals surface area contributed by atoms with E-state index < -0.39 is 0 Å².